The fourth-order valence-electron chi connectivity index (χ4n) is 2.40. The fourth-order valence-corrected chi connectivity index (χ4v) is 4.60. The summed E-state index contributed by atoms with van der Waals surface area (Å²) in [6.45, 7) is 2.17. The molecule has 4 nitrogen and oxygen atoms in total. The van der Waals surface area contributed by atoms with E-state index in [4.69, 9.17) is 0 Å². The molecule has 0 bridgehead atoms. The van der Waals surface area contributed by atoms with E-state index >= 15 is 0 Å². The summed E-state index contributed by atoms with van der Waals surface area (Å²) in [5.41, 5.74) is 0.646. The fraction of sp³-hybridized carbons (Fsp3) is 0.105. The van der Waals surface area contributed by atoms with E-state index in [0.29, 0.717) is 12.2 Å². The lowest BCUT2D eigenvalue weighted by Crippen LogP contribution is -2.30. The van der Waals surface area contributed by atoms with Crippen LogP contribution in [0.25, 0.3) is 0 Å². The number of anilines is 1. The second-order valence-corrected chi connectivity index (χ2v) is 8.21. The van der Waals surface area contributed by atoms with E-state index in [-0.39, 0.29) is 4.90 Å². The summed E-state index contributed by atoms with van der Waals surface area (Å²) in [6.07, 6.45) is 1.42. The Morgan fingerprint density at radius 1 is 0.920 bits per heavy atom. The summed E-state index contributed by atoms with van der Waals surface area (Å²) in [6, 6.07) is 22.3. The van der Waals surface area contributed by atoms with Crippen molar-refractivity contribution in [2.45, 2.75) is 21.7 Å². The van der Waals surface area contributed by atoms with E-state index in [1.54, 1.807) is 24.3 Å². The largest absolute Gasteiger partial charge is 0.267 e. The summed E-state index contributed by atoms with van der Waals surface area (Å²) >= 11 is 1.50. The Morgan fingerprint density at radius 2 is 1.56 bits per heavy atom. The van der Waals surface area contributed by atoms with Gasteiger partial charge in [0.1, 0.15) is 9.92 Å². The zero-order chi connectivity index (χ0) is 17.7. The van der Waals surface area contributed by atoms with Crippen LogP contribution >= 0.6 is 11.8 Å². The van der Waals surface area contributed by atoms with Crippen molar-refractivity contribution in [1.29, 1.82) is 0 Å². The lowest BCUT2D eigenvalue weighted by atomic mass is 10.3. The molecule has 0 unspecified atom stereocenters. The van der Waals surface area contributed by atoms with Gasteiger partial charge in [-0.15, -0.1) is 0 Å². The molecule has 25 heavy (non-hydrogen) atoms. The first kappa shape index (κ1) is 17.5. The van der Waals surface area contributed by atoms with Crippen LogP contribution in [0.1, 0.15) is 6.92 Å². The van der Waals surface area contributed by atoms with Crippen LogP contribution in [-0.4, -0.2) is 19.9 Å². The molecular weight excluding hydrogens is 352 g/mol. The summed E-state index contributed by atoms with van der Waals surface area (Å²) in [5, 5.41) is 0.757. The lowest BCUT2D eigenvalue weighted by molar-refractivity contribution is 0.591. The minimum Gasteiger partial charge on any atom is -0.267 e. The van der Waals surface area contributed by atoms with Crippen molar-refractivity contribution >= 4 is 27.5 Å². The maximum absolute atomic E-state index is 12.9. The Labute approximate surface area is 152 Å². The first-order chi connectivity index (χ1) is 12.1. The number of nitrogens with zero attached hydrogens (tertiary/aromatic N) is 2. The number of hydrogen-bond acceptors (Lipinski definition) is 4. The molecule has 0 fully saturated rings. The first-order valence-electron chi connectivity index (χ1n) is 7.88. The summed E-state index contributed by atoms with van der Waals surface area (Å²) in [5.74, 6) is 0. The smallest absolute Gasteiger partial charge is 0.265 e. The molecular formula is C19H18N2O2S2. The van der Waals surface area contributed by atoms with E-state index < -0.39 is 10.0 Å². The molecule has 0 spiro atoms. The van der Waals surface area contributed by atoms with Gasteiger partial charge in [0.15, 0.2) is 0 Å². The van der Waals surface area contributed by atoms with Crippen LogP contribution in [0.2, 0.25) is 0 Å². The molecule has 0 aliphatic carbocycles. The minimum absolute atomic E-state index is 0.190. The summed E-state index contributed by atoms with van der Waals surface area (Å²) < 4.78 is 27.2. The molecule has 0 amide bonds. The average molecular weight is 370 g/mol. The Morgan fingerprint density at radius 3 is 2.12 bits per heavy atom. The Hall–Kier alpha value is -2.31. The molecule has 0 saturated heterocycles. The maximum atomic E-state index is 12.9. The lowest BCUT2D eigenvalue weighted by Gasteiger charge is -2.22. The quantitative estimate of drug-likeness (QED) is 0.643. The van der Waals surface area contributed by atoms with E-state index in [0.717, 1.165) is 9.92 Å². The van der Waals surface area contributed by atoms with Crippen LogP contribution in [0.5, 0.6) is 0 Å². The first-order valence-corrected chi connectivity index (χ1v) is 10.1. The van der Waals surface area contributed by atoms with E-state index in [1.165, 1.54) is 22.3 Å². The number of rotatable bonds is 6. The predicted octanol–water partition coefficient (Wildman–Crippen LogP) is 4.45. The van der Waals surface area contributed by atoms with Gasteiger partial charge in [0, 0.05) is 17.6 Å². The van der Waals surface area contributed by atoms with Crippen LogP contribution < -0.4 is 4.31 Å². The van der Waals surface area contributed by atoms with Crippen molar-refractivity contribution in [3.05, 3.63) is 79.0 Å². The van der Waals surface area contributed by atoms with E-state index in [2.05, 4.69) is 4.98 Å². The van der Waals surface area contributed by atoms with E-state index in [1.807, 2.05) is 55.5 Å². The van der Waals surface area contributed by atoms with Gasteiger partial charge in [-0.05, 0) is 43.3 Å². The molecule has 0 radical (unpaired) electrons. The van der Waals surface area contributed by atoms with Crippen LogP contribution in [0.4, 0.5) is 5.69 Å². The number of benzene rings is 2. The molecule has 128 valence electrons. The SMILES string of the molecule is CCN(c1ccccc1)S(=O)(=O)c1ccc(Sc2ccccc2)nc1. The maximum Gasteiger partial charge on any atom is 0.265 e. The molecule has 1 aromatic heterocycles. The molecule has 6 heteroatoms. The van der Waals surface area contributed by atoms with Gasteiger partial charge in [0.05, 0.1) is 5.69 Å². The standard InChI is InChI=1S/C19H18N2O2S2/c1-2-21(16-9-5-3-6-10-16)25(22,23)18-13-14-19(20-15-18)24-17-11-7-4-8-12-17/h3-15H,2H2,1H3. The zero-order valence-corrected chi connectivity index (χ0v) is 15.4. The Bertz CT molecular complexity index is 913. The number of hydrogen-bond donors (Lipinski definition) is 0. The third kappa shape index (κ3) is 4.03. The van der Waals surface area contributed by atoms with Gasteiger partial charge in [0.2, 0.25) is 0 Å². The highest BCUT2D eigenvalue weighted by atomic mass is 32.2. The van der Waals surface area contributed by atoms with Crippen molar-refractivity contribution in [2.75, 3.05) is 10.8 Å². The number of pyridine rings is 1. The van der Waals surface area contributed by atoms with Crippen molar-refractivity contribution in [3.8, 4) is 0 Å². The molecule has 1 heterocycles. The average Bonchev–Trinajstić information content (AvgIpc) is 2.64. The third-order valence-corrected chi connectivity index (χ3v) is 6.44. The molecule has 3 rings (SSSR count). The zero-order valence-electron chi connectivity index (χ0n) is 13.7. The van der Waals surface area contributed by atoms with Crippen molar-refractivity contribution in [2.24, 2.45) is 0 Å². The van der Waals surface area contributed by atoms with Gasteiger partial charge in [-0.3, -0.25) is 4.31 Å². The van der Waals surface area contributed by atoms with Crippen LogP contribution in [0.15, 0.2) is 93.8 Å². The highest BCUT2D eigenvalue weighted by Crippen LogP contribution is 2.27. The topological polar surface area (TPSA) is 50.3 Å². The van der Waals surface area contributed by atoms with Crippen molar-refractivity contribution in [3.63, 3.8) is 0 Å². The number of para-hydroxylation sites is 1. The van der Waals surface area contributed by atoms with Gasteiger partial charge < -0.3 is 0 Å². The molecule has 0 atom stereocenters. The highest BCUT2D eigenvalue weighted by molar-refractivity contribution is 7.99. The van der Waals surface area contributed by atoms with Gasteiger partial charge in [-0.25, -0.2) is 13.4 Å². The molecule has 0 aliphatic heterocycles. The number of aromatic nitrogens is 1. The predicted molar refractivity (Wildman–Crippen MR) is 101 cm³/mol. The van der Waals surface area contributed by atoms with E-state index in [9.17, 15) is 8.42 Å². The van der Waals surface area contributed by atoms with Crippen LogP contribution in [0.3, 0.4) is 0 Å². The molecule has 0 N–H and O–H groups in total. The summed E-state index contributed by atoms with van der Waals surface area (Å²) in [4.78, 5) is 5.56. The van der Waals surface area contributed by atoms with Gasteiger partial charge >= 0.3 is 0 Å². The van der Waals surface area contributed by atoms with Gasteiger partial charge in [0.25, 0.3) is 10.0 Å². The van der Waals surface area contributed by atoms with Gasteiger partial charge in [-0.2, -0.15) is 0 Å². The molecule has 3 aromatic rings. The van der Waals surface area contributed by atoms with Gasteiger partial charge in [-0.1, -0.05) is 48.2 Å². The highest BCUT2D eigenvalue weighted by Gasteiger charge is 2.23. The Balaban J connectivity index is 1.85. The third-order valence-electron chi connectivity index (χ3n) is 3.59. The molecule has 0 aliphatic rings. The normalized spacial score (nSPS) is 11.2. The monoisotopic (exact) mass is 370 g/mol. The van der Waals surface area contributed by atoms with Crippen LogP contribution in [0, 0.1) is 0 Å². The Kier molecular flexibility index (Phi) is 5.40. The molecule has 0 saturated carbocycles. The summed E-state index contributed by atoms with van der Waals surface area (Å²) in [7, 11) is -3.63. The molecule has 2 aromatic carbocycles. The van der Waals surface area contributed by atoms with Crippen molar-refractivity contribution < 1.29 is 8.42 Å². The second kappa shape index (κ2) is 7.72. The second-order valence-electron chi connectivity index (χ2n) is 5.25. The van der Waals surface area contributed by atoms with Crippen LogP contribution in [-0.2, 0) is 10.0 Å². The number of sulfonamides is 1. The minimum atomic E-state index is -3.63. The van der Waals surface area contributed by atoms with Crippen molar-refractivity contribution in [1.82, 2.24) is 4.98 Å².